The third-order valence-electron chi connectivity index (χ3n) is 2.83. The van der Waals surface area contributed by atoms with Crippen molar-refractivity contribution in [1.82, 2.24) is 0 Å². The largest absolute Gasteiger partial charge is 0.493 e. The summed E-state index contributed by atoms with van der Waals surface area (Å²) in [6.07, 6.45) is 0. The van der Waals surface area contributed by atoms with Crippen LogP contribution in [0.4, 0.5) is 5.69 Å². The number of hydrogen-bond donors (Lipinski definition) is 2. The van der Waals surface area contributed by atoms with Crippen LogP contribution in [-0.4, -0.2) is 44.0 Å². The van der Waals surface area contributed by atoms with E-state index in [1.165, 1.54) is 14.2 Å². The van der Waals surface area contributed by atoms with Crippen molar-refractivity contribution in [3.63, 3.8) is 0 Å². The SMILES string of the molecule is COc1ccc(NC(=O)C(C)(C)OC)cc1OCCO. The number of rotatable bonds is 7. The van der Waals surface area contributed by atoms with E-state index < -0.39 is 5.60 Å². The lowest BCUT2D eigenvalue weighted by atomic mass is 10.1. The number of methoxy groups -OCH3 is 2. The molecule has 0 radical (unpaired) electrons. The summed E-state index contributed by atoms with van der Waals surface area (Å²) < 4.78 is 15.6. The molecule has 0 aliphatic heterocycles. The lowest BCUT2D eigenvalue weighted by Gasteiger charge is -2.22. The zero-order valence-corrected chi connectivity index (χ0v) is 12.2. The van der Waals surface area contributed by atoms with Crippen LogP contribution in [0, 0.1) is 0 Å². The van der Waals surface area contributed by atoms with Gasteiger partial charge in [-0.1, -0.05) is 0 Å². The van der Waals surface area contributed by atoms with Crippen LogP contribution in [-0.2, 0) is 9.53 Å². The normalized spacial score (nSPS) is 11.1. The van der Waals surface area contributed by atoms with E-state index in [4.69, 9.17) is 19.3 Å². The maximum absolute atomic E-state index is 12.0. The summed E-state index contributed by atoms with van der Waals surface area (Å²) in [6.45, 7) is 3.40. The molecule has 112 valence electrons. The number of hydrogen-bond acceptors (Lipinski definition) is 5. The number of carbonyl (C=O) groups excluding carboxylic acids is 1. The summed E-state index contributed by atoms with van der Waals surface area (Å²) in [7, 11) is 3.00. The van der Waals surface area contributed by atoms with Gasteiger partial charge in [0.15, 0.2) is 11.5 Å². The topological polar surface area (TPSA) is 77.0 Å². The first-order valence-electron chi connectivity index (χ1n) is 6.23. The van der Waals surface area contributed by atoms with Crippen LogP contribution >= 0.6 is 0 Å². The second kappa shape index (κ2) is 7.12. The third kappa shape index (κ3) is 4.11. The number of carbonyl (C=O) groups is 1. The number of aliphatic hydroxyl groups excluding tert-OH is 1. The second-order valence-corrected chi connectivity index (χ2v) is 4.61. The molecule has 0 heterocycles. The zero-order chi connectivity index (χ0) is 15.2. The molecule has 20 heavy (non-hydrogen) atoms. The molecule has 0 fully saturated rings. The minimum Gasteiger partial charge on any atom is -0.493 e. The fraction of sp³-hybridized carbons (Fsp3) is 0.500. The summed E-state index contributed by atoms with van der Waals surface area (Å²) in [5.74, 6) is 0.718. The molecule has 0 spiro atoms. The van der Waals surface area contributed by atoms with Gasteiger partial charge in [0.05, 0.1) is 13.7 Å². The molecule has 0 atom stereocenters. The van der Waals surface area contributed by atoms with Gasteiger partial charge in [0.25, 0.3) is 5.91 Å². The number of aliphatic hydroxyl groups is 1. The Morgan fingerprint density at radius 1 is 1.30 bits per heavy atom. The zero-order valence-electron chi connectivity index (χ0n) is 12.2. The predicted octanol–water partition coefficient (Wildman–Crippen LogP) is 1.43. The summed E-state index contributed by atoms with van der Waals surface area (Å²) in [6, 6.07) is 5.02. The van der Waals surface area contributed by atoms with Gasteiger partial charge in [-0.15, -0.1) is 0 Å². The van der Waals surface area contributed by atoms with E-state index in [2.05, 4.69) is 5.32 Å². The van der Waals surface area contributed by atoms with Crippen molar-refractivity contribution in [3.05, 3.63) is 18.2 Å². The number of amides is 1. The molecular weight excluding hydrogens is 262 g/mol. The molecule has 1 aromatic rings. The summed E-state index contributed by atoms with van der Waals surface area (Å²) in [5, 5.41) is 11.5. The Bertz CT molecular complexity index is 459. The van der Waals surface area contributed by atoms with Crippen LogP contribution in [0.2, 0.25) is 0 Å². The molecule has 0 aliphatic carbocycles. The number of benzene rings is 1. The van der Waals surface area contributed by atoms with Crippen LogP contribution in [0.15, 0.2) is 18.2 Å². The van der Waals surface area contributed by atoms with E-state index in [0.717, 1.165) is 0 Å². The van der Waals surface area contributed by atoms with E-state index in [1.807, 2.05) is 0 Å². The van der Waals surface area contributed by atoms with Crippen molar-refractivity contribution in [2.45, 2.75) is 19.4 Å². The molecule has 0 bridgehead atoms. The average molecular weight is 283 g/mol. The quantitative estimate of drug-likeness (QED) is 0.791. The van der Waals surface area contributed by atoms with E-state index in [9.17, 15) is 4.79 Å². The third-order valence-corrected chi connectivity index (χ3v) is 2.83. The highest BCUT2D eigenvalue weighted by Crippen LogP contribution is 2.30. The number of ether oxygens (including phenoxy) is 3. The van der Waals surface area contributed by atoms with Gasteiger partial charge in [0.1, 0.15) is 12.2 Å². The van der Waals surface area contributed by atoms with Gasteiger partial charge in [-0.25, -0.2) is 0 Å². The minimum atomic E-state index is -0.925. The lowest BCUT2D eigenvalue weighted by Crippen LogP contribution is -2.38. The minimum absolute atomic E-state index is 0.101. The first-order valence-corrected chi connectivity index (χ1v) is 6.23. The van der Waals surface area contributed by atoms with Gasteiger partial charge < -0.3 is 24.6 Å². The standard InChI is InChI=1S/C14H21NO5/c1-14(2,19-4)13(17)15-10-5-6-11(18-3)12(9-10)20-8-7-16/h5-6,9,16H,7-8H2,1-4H3,(H,15,17). The average Bonchev–Trinajstić information content (AvgIpc) is 2.45. The van der Waals surface area contributed by atoms with Crippen LogP contribution in [0.25, 0.3) is 0 Å². The first kappa shape index (κ1) is 16.3. The maximum Gasteiger partial charge on any atom is 0.256 e. The highest BCUT2D eigenvalue weighted by molar-refractivity contribution is 5.96. The highest BCUT2D eigenvalue weighted by Gasteiger charge is 2.27. The smallest absolute Gasteiger partial charge is 0.256 e. The molecule has 6 heteroatoms. The Morgan fingerprint density at radius 3 is 2.55 bits per heavy atom. The van der Waals surface area contributed by atoms with Crippen molar-refractivity contribution >= 4 is 11.6 Å². The Hall–Kier alpha value is -1.79. The molecule has 0 aliphatic rings. The molecule has 1 aromatic carbocycles. The fourth-order valence-electron chi connectivity index (χ4n) is 1.40. The van der Waals surface area contributed by atoms with Crippen molar-refractivity contribution < 1.29 is 24.1 Å². The van der Waals surface area contributed by atoms with Crippen molar-refractivity contribution in [2.24, 2.45) is 0 Å². The molecule has 1 amide bonds. The molecule has 0 saturated carbocycles. The Morgan fingerprint density at radius 2 is 2.00 bits per heavy atom. The van der Waals surface area contributed by atoms with E-state index in [0.29, 0.717) is 17.2 Å². The van der Waals surface area contributed by atoms with Gasteiger partial charge in [-0.05, 0) is 26.0 Å². The Kier molecular flexibility index (Phi) is 5.79. The number of anilines is 1. The summed E-state index contributed by atoms with van der Waals surface area (Å²) in [5.41, 5.74) is -0.361. The van der Waals surface area contributed by atoms with Gasteiger partial charge in [0.2, 0.25) is 0 Å². The molecule has 0 unspecified atom stereocenters. The van der Waals surface area contributed by atoms with E-state index in [-0.39, 0.29) is 19.1 Å². The monoisotopic (exact) mass is 283 g/mol. The molecule has 0 aromatic heterocycles. The molecule has 0 saturated heterocycles. The molecule has 2 N–H and O–H groups in total. The van der Waals surface area contributed by atoms with Crippen molar-refractivity contribution in [3.8, 4) is 11.5 Å². The van der Waals surface area contributed by atoms with Gasteiger partial charge in [0, 0.05) is 18.9 Å². The molecule has 1 rings (SSSR count). The molecular formula is C14H21NO5. The van der Waals surface area contributed by atoms with Crippen LogP contribution < -0.4 is 14.8 Å². The van der Waals surface area contributed by atoms with E-state index >= 15 is 0 Å². The first-order chi connectivity index (χ1) is 9.44. The molecule has 6 nitrogen and oxygen atoms in total. The number of nitrogens with one attached hydrogen (secondary N) is 1. The second-order valence-electron chi connectivity index (χ2n) is 4.61. The summed E-state index contributed by atoms with van der Waals surface area (Å²) in [4.78, 5) is 12.0. The van der Waals surface area contributed by atoms with E-state index in [1.54, 1.807) is 32.0 Å². The predicted molar refractivity (Wildman–Crippen MR) is 75.3 cm³/mol. The fourth-order valence-corrected chi connectivity index (χ4v) is 1.40. The highest BCUT2D eigenvalue weighted by atomic mass is 16.5. The lowest BCUT2D eigenvalue weighted by molar-refractivity contribution is -0.133. The summed E-state index contributed by atoms with van der Waals surface area (Å²) >= 11 is 0. The van der Waals surface area contributed by atoms with Crippen LogP contribution in [0.5, 0.6) is 11.5 Å². The van der Waals surface area contributed by atoms with Crippen LogP contribution in [0.3, 0.4) is 0 Å². The maximum atomic E-state index is 12.0. The van der Waals surface area contributed by atoms with Gasteiger partial charge in [-0.3, -0.25) is 4.79 Å². The Labute approximate surface area is 118 Å². The van der Waals surface area contributed by atoms with Gasteiger partial charge in [-0.2, -0.15) is 0 Å². The van der Waals surface area contributed by atoms with Crippen molar-refractivity contribution in [1.29, 1.82) is 0 Å². The van der Waals surface area contributed by atoms with Gasteiger partial charge >= 0.3 is 0 Å². The Balaban J connectivity index is 2.89. The van der Waals surface area contributed by atoms with Crippen molar-refractivity contribution in [2.75, 3.05) is 32.8 Å². The van der Waals surface area contributed by atoms with Crippen LogP contribution in [0.1, 0.15) is 13.8 Å².